The van der Waals surface area contributed by atoms with Crippen molar-refractivity contribution in [2.24, 2.45) is 5.92 Å². The van der Waals surface area contributed by atoms with E-state index in [-0.39, 0.29) is 22.3 Å². The van der Waals surface area contributed by atoms with Crippen LogP contribution in [-0.2, 0) is 9.22 Å². The Morgan fingerprint density at radius 2 is 1.44 bits per heavy atom. The van der Waals surface area contributed by atoms with E-state index in [1.54, 1.807) is 0 Å². The molecule has 0 aliphatic heterocycles. The topological polar surface area (TPSA) is 26.3 Å². The number of hydrogen-bond acceptors (Lipinski definition) is 2. The third kappa shape index (κ3) is 5.31. The lowest BCUT2D eigenvalue weighted by Gasteiger charge is -2.37. The molecule has 1 aliphatic carbocycles. The molecular weight excluding hydrogens is 372 g/mol. The normalized spacial score (nSPS) is 21.0. The van der Waals surface area contributed by atoms with Gasteiger partial charge in [0.15, 0.2) is 9.76 Å². The lowest BCUT2D eigenvalue weighted by molar-refractivity contribution is -0.116. The Morgan fingerprint density at radius 1 is 0.963 bits per heavy atom. The molecule has 0 unspecified atom stereocenters. The van der Waals surface area contributed by atoms with Crippen molar-refractivity contribution in [3.05, 3.63) is 71.8 Å². The molecule has 2 nitrogen and oxygen atoms in total. The van der Waals surface area contributed by atoms with Crippen LogP contribution in [0.15, 0.2) is 60.7 Å². The molecule has 4 heteroatoms. The van der Waals surface area contributed by atoms with E-state index in [0.29, 0.717) is 5.92 Å². The van der Waals surface area contributed by atoms with Gasteiger partial charge in [-0.3, -0.25) is 4.79 Å². The third-order valence-corrected chi connectivity index (χ3v) is 7.83. The second-order valence-electron chi connectivity index (χ2n) is 8.33. The van der Waals surface area contributed by atoms with Crippen molar-refractivity contribution in [3.8, 4) is 0 Å². The van der Waals surface area contributed by atoms with Crippen molar-refractivity contribution in [1.29, 1.82) is 0 Å². The Hall–Kier alpha value is -1.42. The first kappa shape index (κ1) is 20.3. The zero-order valence-corrected chi connectivity index (χ0v) is 18.4. The maximum absolute atomic E-state index is 11.4. The molecule has 0 amide bonds. The molecule has 144 valence electrons. The summed E-state index contributed by atoms with van der Waals surface area (Å²) < 4.78 is 6.48. The van der Waals surface area contributed by atoms with Gasteiger partial charge in [0.1, 0.15) is 0 Å². The minimum atomic E-state index is -0.795. The van der Waals surface area contributed by atoms with Gasteiger partial charge >= 0.3 is 0 Å². The molecular formula is C23H29ClO2Si. The zero-order valence-electron chi connectivity index (χ0n) is 16.2. The second kappa shape index (κ2) is 9.18. The molecule has 0 radical (unpaired) electrons. The third-order valence-electron chi connectivity index (χ3n) is 5.73. The van der Waals surface area contributed by atoms with Crippen molar-refractivity contribution in [1.82, 2.24) is 0 Å². The number of carbonyl (C=O) groups excluding carboxylic acids is 1. The smallest absolute Gasteiger partial charge is 0.224 e. The largest absolute Gasteiger partial charge is 0.421 e. The van der Waals surface area contributed by atoms with Gasteiger partial charge in [-0.1, -0.05) is 74.5 Å². The number of carbonyl (C=O) groups is 1. The molecule has 1 aliphatic rings. The summed E-state index contributed by atoms with van der Waals surface area (Å²) in [5.74, 6) is 0.356. The maximum Gasteiger partial charge on any atom is 0.224 e. The first-order valence-corrected chi connectivity index (χ1v) is 11.5. The van der Waals surface area contributed by atoms with Crippen LogP contribution in [-0.4, -0.2) is 21.1 Å². The van der Waals surface area contributed by atoms with Crippen LogP contribution in [0, 0.1) is 5.92 Å². The molecule has 0 aromatic heterocycles. The second-order valence-corrected chi connectivity index (χ2v) is 11.1. The minimum absolute atomic E-state index is 0.0302. The van der Waals surface area contributed by atoms with Crippen LogP contribution in [0.1, 0.15) is 56.6 Å². The number of halogens is 1. The SMILES string of the molecule is CC(C)([SiH2]O[C@H]1CC[C@@H](C(=O)Cl)CC1)C(c1ccccc1)c1ccccc1. The molecule has 2 aromatic carbocycles. The van der Waals surface area contributed by atoms with Crippen molar-refractivity contribution in [3.63, 3.8) is 0 Å². The highest BCUT2D eigenvalue weighted by molar-refractivity contribution is 6.63. The molecule has 0 spiro atoms. The summed E-state index contributed by atoms with van der Waals surface area (Å²) in [6, 6.07) is 21.5. The quantitative estimate of drug-likeness (QED) is 0.456. The van der Waals surface area contributed by atoms with E-state index in [0.717, 1.165) is 25.7 Å². The number of hydrogen-bond donors (Lipinski definition) is 0. The van der Waals surface area contributed by atoms with E-state index in [4.69, 9.17) is 16.0 Å². The summed E-state index contributed by atoms with van der Waals surface area (Å²) >= 11 is 5.66. The fourth-order valence-electron chi connectivity index (χ4n) is 4.26. The predicted molar refractivity (Wildman–Crippen MR) is 115 cm³/mol. The van der Waals surface area contributed by atoms with Crippen LogP contribution in [0.25, 0.3) is 0 Å². The van der Waals surface area contributed by atoms with Crippen molar-refractivity contribution >= 4 is 26.6 Å². The van der Waals surface area contributed by atoms with E-state index in [1.807, 2.05) is 0 Å². The first-order valence-electron chi connectivity index (χ1n) is 9.88. The lowest BCUT2D eigenvalue weighted by atomic mass is 9.82. The summed E-state index contributed by atoms with van der Waals surface area (Å²) in [6.07, 6.45) is 3.92. The van der Waals surface area contributed by atoms with E-state index in [9.17, 15) is 4.79 Å². The summed E-state index contributed by atoms with van der Waals surface area (Å²) in [7, 11) is -0.795. The zero-order chi connectivity index (χ0) is 19.3. The van der Waals surface area contributed by atoms with Gasteiger partial charge in [0.05, 0.1) is 0 Å². The summed E-state index contributed by atoms with van der Waals surface area (Å²) in [6.45, 7) is 4.69. The van der Waals surface area contributed by atoms with Crippen LogP contribution >= 0.6 is 11.6 Å². The Morgan fingerprint density at radius 3 is 1.89 bits per heavy atom. The summed E-state index contributed by atoms with van der Waals surface area (Å²) in [5.41, 5.74) is 2.70. The number of benzene rings is 2. The monoisotopic (exact) mass is 400 g/mol. The molecule has 0 heterocycles. The lowest BCUT2D eigenvalue weighted by Crippen LogP contribution is -2.31. The van der Waals surface area contributed by atoms with Crippen molar-refractivity contribution in [2.75, 3.05) is 0 Å². The Balaban J connectivity index is 1.71. The van der Waals surface area contributed by atoms with Gasteiger partial charge in [-0.05, 0) is 53.4 Å². The average Bonchev–Trinajstić information content (AvgIpc) is 2.68. The van der Waals surface area contributed by atoms with E-state index in [1.165, 1.54) is 11.1 Å². The molecule has 2 aromatic rings. The highest BCUT2D eigenvalue weighted by Crippen LogP contribution is 2.46. The molecule has 0 saturated heterocycles. The average molecular weight is 401 g/mol. The van der Waals surface area contributed by atoms with Gasteiger partial charge in [-0.15, -0.1) is 0 Å². The van der Waals surface area contributed by atoms with Crippen LogP contribution in [0.4, 0.5) is 0 Å². The summed E-state index contributed by atoms with van der Waals surface area (Å²) in [4.78, 5) is 11.4. The van der Waals surface area contributed by atoms with Gasteiger partial charge in [-0.25, -0.2) is 0 Å². The highest BCUT2D eigenvalue weighted by atomic mass is 35.5. The Kier molecular flexibility index (Phi) is 6.91. The van der Waals surface area contributed by atoms with Gasteiger partial charge in [0.2, 0.25) is 5.24 Å². The minimum Gasteiger partial charge on any atom is -0.421 e. The molecule has 1 fully saturated rings. The Labute approximate surface area is 170 Å². The van der Waals surface area contributed by atoms with E-state index >= 15 is 0 Å². The molecule has 1 saturated carbocycles. The van der Waals surface area contributed by atoms with Crippen molar-refractivity contribution < 1.29 is 9.22 Å². The fraction of sp³-hybridized carbons (Fsp3) is 0.435. The summed E-state index contributed by atoms with van der Waals surface area (Å²) in [5, 5.41) is -0.0961. The van der Waals surface area contributed by atoms with Crippen LogP contribution in [0.2, 0.25) is 5.04 Å². The van der Waals surface area contributed by atoms with Gasteiger partial charge in [0, 0.05) is 17.9 Å². The molecule has 0 bridgehead atoms. The maximum atomic E-state index is 11.4. The van der Waals surface area contributed by atoms with Crippen LogP contribution in [0.3, 0.4) is 0 Å². The Bertz CT molecular complexity index is 685. The van der Waals surface area contributed by atoms with Gasteiger partial charge in [0.25, 0.3) is 0 Å². The van der Waals surface area contributed by atoms with Gasteiger partial charge in [-0.2, -0.15) is 0 Å². The molecule has 0 atom stereocenters. The number of rotatable bonds is 7. The van der Waals surface area contributed by atoms with E-state index < -0.39 is 9.76 Å². The van der Waals surface area contributed by atoms with Gasteiger partial charge < -0.3 is 4.43 Å². The predicted octanol–water partition coefficient (Wildman–Crippen LogP) is 5.44. The first-order chi connectivity index (χ1) is 13.0. The molecule has 0 N–H and O–H groups in total. The van der Waals surface area contributed by atoms with Crippen LogP contribution < -0.4 is 0 Å². The standard InChI is InChI=1S/C23H29ClO2Si/c1-23(2,27-26-20-15-13-19(14-16-20)22(24)25)21(17-9-5-3-6-10-17)18-11-7-4-8-12-18/h3-12,19-21H,13-16,27H2,1-2H3/t19-,20+. The highest BCUT2D eigenvalue weighted by Gasteiger charge is 2.34. The van der Waals surface area contributed by atoms with Crippen molar-refractivity contribution in [2.45, 2.75) is 56.6 Å². The molecule has 3 rings (SSSR count). The van der Waals surface area contributed by atoms with E-state index in [2.05, 4.69) is 74.5 Å². The molecule has 27 heavy (non-hydrogen) atoms. The fourth-order valence-corrected chi connectivity index (χ4v) is 6.11. The van der Waals surface area contributed by atoms with Crippen LogP contribution in [0.5, 0.6) is 0 Å².